The van der Waals surface area contributed by atoms with Crippen LogP contribution in [0.5, 0.6) is 0 Å². The van der Waals surface area contributed by atoms with Gasteiger partial charge in [0.05, 0.1) is 6.42 Å². The number of nitrogens with zero attached hydrogens (tertiary/aromatic N) is 1. The number of nitrogens with one attached hydrogen (secondary N) is 1. The minimum absolute atomic E-state index is 0.0142. The van der Waals surface area contributed by atoms with E-state index in [0.29, 0.717) is 6.42 Å². The topological polar surface area (TPSA) is 42.0 Å². The Bertz CT molecular complexity index is 568. The van der Waals surface area contributed by atoms with Gasteiger partial charge >= 0.3 is 0 Å². The zero-order valence-corrected chi connectivity index (χ0v) is 12.2. The third-order valence-corrected chi connectivity index (χ3v) is 3.15. The Morgan fingerprint density at radius 1 is 1.05 bits per heavy atom. The summed E-state index contributed by atoms with van der Waals surface area (Å²) in [6.45, 7) is 6.51. The summed E-state index contributed by atoms with van der Waals surface area (Å²) in [5.41, 5.74) is 3.17. The maximum absolute atomic E-state index is 11.9. The number of anilines is 1. The predicted octanol–water partition coefficient (Wildman–Crippen LogP) is 3.56. The Morgan fingerprint density at radius 2 is 1.65 bits per heavy atom. The molecule has 0 fully saturated rings. The highest BCUT2D eigenvalue weighted by Gasteiger charge is 2.13. The molecule has 0 saturated carbocycles. The summed E-state index contributed by atoms with van der Waals surface area (Å²) < 4.78 is 0. The van der Waals surface area contributed by atoms with E-state index in [0.717, 1.165) is 11.3 Å². The molecule has 2 aromatic rings. The van der Waals surface area contributed by atoms with Crippen molar-refractivity contribution in [1.29, 1.82) is 0 Å². The average Bonchev–Trinajstić information content (AvgIpc) is 2.39. The van der Waals surface area contributed by atoms with Gasteiger partial charge in [-0.25, -0.2) is 0 Å². The Balaban J connectivity index is 1.98. The zero-order chi connectivity index (χ0) is 14.6. The van der Waals surface area contributed by atoms with Crippen molar-refractivity contribution in [3.8, 4) is 0 Å². The molecular formula is C17H20N2O. The number of pyridine rings is 1. The van der Waals surface area contributed by atoms with Gasteiger partial charge in [-0.05, 0) is 40.8 Å². The van der Waals surface area contributed by atoms with Gasteiger partial charge in [0, 0.05) is 18.1 Å². The number of aromatic nitrogens is 1. The van der Waals surface area contributed by atoms with Gasteiger partial charge < -0.3 is 5.32 Å². The summed E-state index contributed by atoms with van der Waals surface area (Å²) in [5, 5.41) is 2.91. The minimum Gasteiger partial charge on any atom is -0.326 e. The summed E-state index contributed by atoms with van der Waals surface area (Å²) in [4.78, 5) is 15.9. The van der Waals surface area contributed by atoms with Gasteiger partial charge in [-0.3, -0.25) is 9.78 Å². The van der Waals surface area contributed by atoms with Crippen LogP contribution in [0, 0.1) is 0 Å². The van der Waals surface area contributed by atoms with Gasteiger partial charge in [0.1, 0.15) is 0 Å². The first-order valence-electron chi connectivity index (χ1n) is 6.74. The number of carbonyl (C=O) groups is 1. The van der Waals surface area contributed by atoms with Crippen molar-refractivity contribution >= 4 is 11.6 Å². The molecule has 104 valence electrons. The number of hydrogen-bond acceptors (Lipinski definition) is 2. The van der Waals surface area contributed by atoms with Crippen LogP contribution in [-0.4, -0.2) is 10.9 Å². The molecule has 3 nitrogen and oxygen atoms in total. The molecule has 1 N–H and O–H groups in total. The molecule has 0 aliphatic rings. The van der Waals surface area contributed by atoms with Crippen LogP contribution in [0.2, 0.25) is 0 Å². The summed E-state index contributed by atoms with van der Waals surface area (Å²) in [6, 6.07) is 11.7. The van der Waals surface area contributed by atoms with Crippen LogP contribution in [0.15, 0.2) is 48.8 Å². The van der Waals surface area contributed by atoms with E-state index in [1.165, 1.54) is 5.56 Å². The molecule has 1 amide bonds. The van der Waals surface area contributed by atoms with Crippen molar-refractivity contribution in [1.82, 2.24) is 4.98 Å². The molecule has 0 bridgehead atoms. The molecule has 20 heavy (non-hydrogen) atoms. The van der Waals surface area contributed by atoms with E-state index in [1.807, 2.05) is 24.3 Å². The van der Waals surface area contributed by atoms with Crippen LogP contribution >= 0.6 is 0 Å². The molecule has 0 spiro atoms. The van der Waals surface area contributed by atoms with E-state index in [9.17, 15) is 4.79 Å². The maximum atomic E-state index is 11.9. The normalized spacial score (nSPS) is 11.2. The van der Waals surface area contributed by atoms with Crippen molar-refractivity contribution in [3.63, 3.8) is 0 Å². The third-order valence-electron chi connectivity index (χ3n) is 3.15. The monoisotopic (exact) mass is 268 g/mol. The lowest BCUT2D eigenvalue weighted by atomic mass is 9.87. The first-order valence-corrected chi connectivity index (χ1v) is 6.74. The Morgan fingerprint density at radius 3 is 2.20 bits per heavy atom. The van der Waals surface area contributed by atoms with Crippen LogP contribution in [0.25, 0.3) is 0 Å². The molecule has 1 aromatic carbocycles. The van der Waals surface area contributed by atoms with Crippen molar-refractivity contribution in [2.24, 2.45) is 0 Å². The lowest BCUT2D eigenvalue weighted by Crippen LogP contribution is -2.15. The van der Waals surface area contributed by atoms with Crippen LogP contribution in [0.1, 0.15) is 31.9 Å². The largest absolute Gasteiger partial charge is 0.326 e. The van der Waals surface area contributed by atoms with E-state index in [-0.39, 0.29) is 11.3 Å². The van der Waals surface area contributed by atoms with Gasteiger partial charge in [0.2, 0.25) is 5.91 Å². The molecule has 0 aliphatic heterocycles. The van der Waals surface area contributed by atoms with Crippen molar-refractivity contribution < 1.29 is 4.79 Å². The third kappa shape index (κ3) is 3.92. The van der Waals surface area contributed by atoms with Crippen molar-refractivity contribution in [2.75, 3.05) is 5.32 Å². The fourth-order valence-electron chi connectivity index (χ4n) is 1.94. The number of benzene rings is 1. The second-order valence-electron chi connectivity index (χ2n) is 5.91. The van der Waals surface area contributed by atoms with Gasteiger partial charge in [-0.15, -0.1) is 0 Å². The zero-order valence-electron chi connectivity index (χ0n) is 12.2. The van der Waals surface area contributed by atoms with Gasteiger partial charge in [0.25, 0.3) is 0 Å². The molecule has 3 heteroatoms. The second kappa shape index (κ2) is 5.87. The number of amides is 1. The lowest BCUT2D eigenvalue weighted by molar-refractivity contribution is -0.115. The molecular weight excluding hydrogens is 248 g/mol. The standard InChI is InChI=1S/C17H20N2O/c1-17(2,3)14-4-6-15(7-5-14)19-16(20)12-13-8-10-18-11-9-13/h4-11H,12H2,1-3H3,(H,19,20). The molecule has 0 aliphatic carbocycles. The Labute approximate surface area is 120 Å². The average molecular weight is 268 g/mol. The van der Waals surface area contributed by atoms with E-state index in [4.69, 9.17) is 0 Å². The summed E-state index contributed by atoms with van der Waals surface area (Å²) in [7, 11) is 0. The van der Waals surface area contributed by atoms with Gasteiger partial charge in [0.15, 0.2) is 0 Å². The first kappa shape index (κ1) is 14.3. The smallest absolute Gasteiger partial charge is 0.228 e. The molecule has 0 saturated heterocycles. The van der Waals surface area contributed by atoms with Crippen LogP contribution in [-0.2, 0) is 16.6 Å². The lowest BCUT2D eigenvalue weighted by Gasteiger charge is -2.19. The van der Waals surface area contributed by atoms with Gasteiger partial charge in [-0.1, -0.05) is 32.9 Å². The maximum Gasteiger partial charge on any atom is 0.228 e. The number of hydrogen-bond donors (Lipinski definition) is 1. The predicted molar refractivity (Wildman–Crippen MR) is 81.7 cm³/mol. The SMILES string of the molecule is CC(C)(C)c1ccc(NC(=O)Cc2ccncc2)cc1. The van der Waals surface area contributed by atoms with E-state index < -0.39 is 0 Å². The van der Waals surface area contributed by atoms with Crippen LogP contribution in [0.3, 0.4) is 0 Å². The highest BCUT2D eigenvalue weighted by Crippen LogP contribution is 2.23. The second-order valence-corrected chi connectivity index (χ2v) is 5.91. The highest BCUT2D eigenvalue weighted by molar-refractivity contribution is 5.92. The first-order chi connectivity index (χ1) is 9.45. The molecule has 0 atom stereocenters. The minimum atomic E-state index is -0.0142. The molecule has 1 aromatic heterocycles. The highest BCUT2D eigenvalue weighted by atomic mass is 16.1. The Kier molecular flexibility index (Phi) is 4.18. The van der Waals surface area contributed by atoms with Crippen molar-refractivity contribution in [3.05, 3.63) is 59.9 Å². The molecule has 0 unspecified atom stereocenters. The molecule has 2 rings (SSSR count). The summed E-state index contributed by atoms with van der Waals surface area (Å²) >= 11 is 0. The summed E-state index contributed by atoms with van der Waals surface area (Å²) in [5.74, 6) is -0.0142. The quantitative estimate of drug-likeness (QED) is 0.924. The number of carbonyl (C=O) groups excluding carboxylic acids is 1. The van der Waals surface area contributed by atoms with E-state index in [2.05, 4.69) is 43.2 Å². The van der Waals surface area contributed by atoms with E-state index in [1.54, 1.807) is 12.4 Å². The summed E-state index contributed by atoms with van der Waals surface area (Å²) in [6.07, 6.45) is 3.75. The fraction of sp³-hybridized carbons (Fsp3) is 0.294. The van der Waals surface area contributed by atoms with Gasteiger partial charge in [-0.2, -0.15) is 0 Å². The van der Waals surface area contributed by atoms with E-state index >= 15 is 0 Å². The Hall–Kier alpha value is -2.16. The molecule has 1 heterocycles. The molecule has 0 radical (unpaired) electrons. The van der Waals surface area contributed by atoms with Crippen LogP contribution < -0.4 is 5.32 Å². The number of rotatable bonds is 3. The van der Waals surface area contributed by atoms with Crippen LogP contribution in [0.4, 0.5) is 5.69 Å². The van der Waals surface area contributed by atoms with Crippen molar-refractivity contribution in [2.45, 2.75) is 32.6 Å². The fourth-order valence-corrected chi connectivity index (χ4v) is 1.94.